The van der Waals surface area contributed by atoms with Crippen LogP contribution in [0.5, 0.6) is 0 Å². The van der Waals surface area contributed by atoms with Gasteiger partial charge in [-0.3, -0.25) is 4.79 Å². The lowest BCUT2D eigenvalue weighted by molar-refractivity contribution is 0.0740. The van der Waals surface area contributed by atoms with Crippen molar-refractivity contribution in [2.45, 2.75) is 13.0 Å². The van der Waals surface area contributed by atoms with Gasteiger partial charge in [-0.25, -0.2) is 13.8 Å². The molecule has 6 heteroatoms. The van der Waals surface area contributed by atoms with Gasteiger partial charge in [0, 0.05) is 24.4 Å². The van der Waals surface area contributed by atoms with Gasteiger partial charge >= 0.3 is 0 Å². The third kappa shape index (κ3) is 3.36. The number of halogens is 3. The fourth-order valence-electron chi connectivity index (χ4n) is 1.96. The fraction of sp³-hybridized carbons (Fsp3) is 0.200. The number of nitrogens with zero attached hydrogens (tertiary/aromatic N) is 2. The number of hydrogen-bond acceptors (Lipinski definition) is 2. The molecule has 0 spiro atoms. The summed E-state index contributed by atoms with van der Waals surface area (Å²) >= 11 is 5.74. The number of rotatable bonds is 3. The third-order valence-corrected chi connectivity index (χ3v) is 3.49. The molecule has 2 aromatic rings. The van der Waals surface area contributed by atoms with E-state index < -0.39 is 17.7 Å². The largest absolute Gasteiger partial charge is 0.335 e. The Morgan fingerprint density at radius 1 is 1.29 bits per heavy atom. The van der Waals surface area contributed by atoms with Gasteiger partial charge in [-0.2, -0.15) is 0 Å². The summed E-state index contributed by atoms with van der Waals surface area (Å²) in [6.45, 7) is 1.62. The molecule has 1 aromatic carbocycles. The van der Waals surface area contributed by atoms with Crippen LogP contribution in [-0.2, 0) is 0 Å². The Balaban J connectivity index is 2.28. The molecule has 1 unspecified atom stereocenters. The van der Waals surface area contributed by atoms with Crippen molar-refractivity contribution >= 4 is 17.5 Å². The highest BCUT2D eigenvalue weighted by Crippen LogP contribution is 2.24. The molecule has 110 valence electrons. The van der Waals surface area contributed by atoms with Crippen LogP contribution < -0.4 is 0 Å². The molecule has 0 N–H and O–H groups in total. The second kappa shape index (κ2) is 6.18. The molecule has 2 rings (SSSR count). The van der Waals surface area contributed by atoms with E-state index in [0.29, 0.717) is 5.56 Å². The molecule has 0 aliphatic carbocycles. The standard InChI is InChI=1S/C15H13ClF2N2O/c1-9(12-8-11(17)3-4-13(12)18)20(2)15(21)10-5-6-19-14(16)7-10/h3-9H,1-2H3. The summed E-state index contributed by atoms with van der Waals surface area (Å²) in [5.41, 5.74) is 0.451. The third-order valence-electron chi connectivity index (χ3n) is 3.28. The molecule has 0 aliphatic heterocycles. The van der Waals surface area contributed by atoms with E-state index >= 15 is 0 Å². The van der Waals surface area contributed by atoms with E-state index in [1.54, 1.807) is 6.92 Å². The molecule has 0 radical (unpaired) electrons. The van der Waals surface area contributed by atoms with E-state index in [-0.39, 0.29) is 16.6 Å². The summed E-state index contributed by atoms with van der Waals surface area (Å²) in [5.74, 6) is -1.46. The van der Waals surface area contributed by atoms with Gasteiger partial charge in [0.15, 0.2) is 0 Å². The van der Waals surface area contributed by atoms with Gasteiger partial charge in [0.25, 0.3) is 5.91 Å². The Hall–Kier alpha value is -2.01. The molecule has 1 amide bonds. The lowest BCUT2D eigenvalue weighted by Crippen LogP contribution is -2.30. The van der Waals surface area contributed by atoms with Crippen molar-refractivity contribution in [2.75, 3.05) is 7.05 Å². The van der Waals surface area contributed by atoms with E-state index in [1.165, 1.54) is 30.3 Å². The Morgan fingerprint density at radius 2 is 2.00 bits per heavy atom. The summed E-state index contributed by atoms with van der Waals surface area (Å²) < 4.78 is 27.0. The van der Waals surface area contributed by atoms with Crippen LogP contribution in [0.1, 0.15) is 28.9 Å². The van der Waals surface area contributed by atoms with Crippen molar-refractivity contribution in [1.29, 1.82) is 0 Å². The highest BCUT2D eigenvalue weighted by Gasteiger charge is 2.22. The molecular weight excluding hydrogens is 298 g/mol. The zero-order chi connectivity index (χ0) is 15.6. The average molecular weight is 311 g/mol. The lowest BCUT2D eigenvalue weighted by Gasteiger charge is -2.25. The maximum Gasteiger partial charge on any atom is 0.254 e. The molecule has 1 heterocycles. The minimum Gasteiger partial charge on any atom is -0.335 e. The minimum absolute atomic E-state index is 0.117. The normalized spacial score (nSPS) is 12.0. The van der Waals surface area contributed by atoms with Crippen LogP contribution in [0.15, 0.2) is 36.5 Å². The van der Waals surface area contributed by atoms with Crippen molar-refractivity contribution in [3.8, 4) is 0 Å². The molecule has 3 nitrogen and oxygen atoms in total. The van der Waals surface area contributed by atoms with Crippen LogP contribution in [0.25, 0.3) is 0 Å². The van der Waals surface area contributed by atoms with Crippen molar-refractivity contribution in [1.82, 2.24) is 9.88 Å². The van der Waals surface area contributed by atoms with Gasteiger partial charge in [0.2, 0.25) is 0 Å². The molecule has 0 bridgehead atoms. The summed E-state index contributed by atoms with van der Waals surface area (Å²) in [4.78, 5) is 17.4. The van der Waals surface area contributed by atoms with E-state index in [0.717, 1.165) is 18.2 Å². The molecule has 0 saturated carbocycles. The molecule has 1 aromatic heterocycles. The van der Waals surface area contributed by atoms with Gasteiger partial charge in [-0.05, 0) is 37.3 Å². The number of carbonyl (C=O) groups excluding carboxylic acids is 1. The van der Waals surface area contributed by atoms with Gasteiger partial charge in [0.1, 0.15) is 16.8 Å². The summed E-state index contributed by atoms with van der Waals surface area (Å²) in [7, 11) is 1.52. The fourth-order valence-corrected chi connectivity index (χ4v) is 2.13. The van der Waals surface area contributed by atoms with E-state index in [4.69, 9.17) is 11.6 Å². The number of carbonyl (C=O) groups is 1. The smallest absolute Gasteiger partial charge is 0.254 e. The predicted molar refractivity (Wildman–Crippen MR) is 76.1 cm³/mol. The molecular formula is C15H13ClF2N2O. The number of pyridine rings is 1. The van der Waals surface area contributed by atoms with Crippen LogP contribution in [0.2, 0.25) is 5.15 Å². The van der Waals surface area contributed by atoms with E-state index in [1.807, 2.05) is 0 Å². The first-order chi connectivity index (χ1) is 9.90. The maximum absolute atomic E-state index is 13.8. The number of benzene rings is 1. The number of amides is 1. The topological polar surface area (TPSA) is 33.2 Å². The zero-order valence-electron chi connectivity index (χ0n) is 11.5. The Kier molecular flexibility index (Phi) is 4.53. The molecule has 0 saturated heterocycles. The molecule has 0 fully saturated rings. The molecule has 21 heavy (non-hydrogen) atoms. The SMILES string of the molecule is CC(c1cc(F)ccc1F)N(C)C(=O)c1ccnc(Cl)c1. The first-order valence-electron chi connectivity index (χ1n) is 6.24. The van der Waals surface area contributed by atoms with E-state index in [9.17, 15) is 13.6 Å². The number of hydrogen-bond donors (Lipinski definition) is 0. The second-order valence-corrected chi connectivity index (χ2v) is 5.01. The zero-order valence-corrected chi connectivity index (χ0v) is 12.2. The summed E-state index contributed by atoms with van der Waals surface area (Å²) in [5, 5.41) is 0.193. The Morgan fingerprint density at radius 3 is 2.67 bits per heavy atom. The molecule has 0 aliphatic rings. The van der Waals surface area contributed by atoms with E-state index in [2.05, 4.69) is 4.98 Å². The highest BCUT2D eigenvalue weighted by atomic mass is 35.5. The van der Waals surface area contributed by atoms with Crippen molar-refractivity contribution in [2.24, 2.45) is 0 Å². The van der Waals surface area contributed by atoms with Gasteiger partial charge in [-0.15, -0.1) is 0 Å². The summed E-state index contributed by atoms with van der Waals surface area (Å²) in [6, 6.07) is 5.48. The Bertz CT molecular complexity index is 678. The first kappa shape index (κ1) is 15.4. The van der Waals surface area contributed by atoms with Crippen LogP contribution in [-0.4, -0.2) is 22.8 Å². The van der Waals surface area contributed by atoms with Gasteiger partial charge in [-0.1, -0.05) is 11.6 Å². The maximum atomic E-state index is 13.8. The van der Waals surface area contributed by atoms with Crippen LogP contribution in [0.4, 0.5) is 8.78 Å². The van der Waals surface area contributed by atoms with Crippen molar-refractivity contribution in [3.63, 3.8) is 0 Å². The minimum atomic E-state index is -0.625. The monoisotopic (exact) mass is 310 g/mol. The summed E-state index contributed by atoms with van der Waals surface area (Å²) in [6.07, 6.45) is 1.41. The van der Waals surface area contributed by atoms with Gasteiger partial charge in [0.05, 0.1) is 6.04 Å². The lowest BCUT2D eigenvalue weighted by atomic mass is 10.1. The molecule has 1 atom stereocenters. The quantitative estimate of drug-likeness (QED) is 0.807. The van der Waals surface area contributed by atoms with Crippen LogP contribution in [0, 0.1) is 11.6 Å². The average Bonchev–Trinajstić information content (AvgIpc) is 2.47. The first-order valence-corrected chi connectivity index (χ1v) is 6.61. The predicted octanol–water partition coefficient (Wildman–Crippen LogP) is 3.85. The van der Waals surface area contributed by atoms with Crippen molar-refractivity contribution in [3.05, 3.63) is 64.4 Å². The van der Waals surface area contributed by atoms with Gasteiger partial charge < -0.3 is 4.90 Å². The highest BCUT2D eigenvalue weighted by molar-refractivity contribution is 6.29. The van der Waals surface area contributed by atoms with Crippen molar-refractivity contribution < 1.29 is 13.6 Å². The van der Waals surface area contributed by atoms with Crippen LogP contribution in [0.3, 0.4) is 0 Å². The van der Waals surface area contributed by atoms with Crippen LogP contribution >= 0.6 is 11.6 Å². The second-order valence-electron chi connectivity index (χ2n) is 4.63. The Labute approximate surface area is 126 Å². The number of aromatic nitrogens is 1.